The Morgan fingerprint density at radius 3 is 2.79 bits per heavy atom. The standard InChI is InChI=1S/C13H20NO3PS/c1-2-3-9-14-10-12(17-18-14)11-19(15,16)13-7-5-4-6-8-13/h4-8,12,18H,2-3,9-11H2,1H3/t12-/m1/s1. The molecule has 1 aromatic carbocycles. The van der Waals surface area contributed by atoms with E-state index in [1.54, 1.807) is 24.3 Å². The van der Waals surface area contributed by atoms with Gasteiger partial charge in [-0.2, -0.15) is 0 Å². The van der Waals surface area contributed by atoms with E-state index in [2.05, 4.69) is 11.6 Å². The van der Waals surface area contributed by atoms with Gasteiger partial charge in [-0.1, -0.05) is 31.5 Å². The maximum atomic E-state index is 12.2. The molecule has 1 heterocycles. The summed E-state index contributed by atoms with van der Waals surface area (Å²) < 4.78 is 32.2. The third-order valence-electron chi connectivity index (χ3n) is 3.06. The SMILES string of the molecule is CCCCN1C[C@H](CS(=O)(=O)c2ccccc2)OP1. The van der Waals surface area contributed by atoms with Crippen molar-refractivity contribution in [2.45, 2.75) is 30.8 Å². The highest BCUT2D eigenvalue weighted by Gasteiger charge is 2.28. The van der Waals surface area contributed by atoms with Crippen LogP contribution in [-0.4, -0.2) is 38.0 Å². The Hall–Kier alpha value is -0.480. The Balaban J connectivity index is 1.92. The average molecular weight is 301 g/mol. The summed E-state index contributed by atoms with van der Waals surface area (Å²) in [7, 11) is -2.93. The molecule has 2 atom stereocenters. The quantitative estimate of drug-likeness (QED) is 0.757. The van der Waals surface area contributed by atoms with E-state index >= 15 is 0 Å². The predicted molar refractivity (Wildman–Crippen MR) is 78.2 cm³/mol. The van der Waals surface area contributed by atoms with Crippen molar-refractivity contribution in [3.05, 3.63) is 30.3 Å². The lowest BCUT2D eigenvalue weighted by atomic mass is 10.3. The van der Waals surface area contributed by atoms with Crippen LogP contribution in [0.4, 0.5) is 0 Å². The minimum Gasteiger partial charge on any atom is -0.341 e. The first-order chi connectivity index (χ1) is 9.12. The number of benzene rings is 1. The Morgan fingerprint density at radius 2 is 2.11 bits per heavy atom. The molecule has 1 aliphatic heterocycles. The summed E-state index contributed by atoms with van der Waals surface area (Å²) in [5.41, 5.74) is 0. The molecule has 4 nitrogen and oxygen atoms in total. The second kappa shape index (κ2) is 6.80. The third kappa shape index (κ3) is 4.25. The number of unbranched alkanes of at least 4 members (excludes halogenated alkanes) is 1. The van der Waals surface area contributed by atoms with Gasteiger partial charge in [-0.3, -0.25) is 4.67 Å². The topological polar surface area (TPSA) is 46.6 Å². The van der Waals surface area contributed by atoms with E-state index in [1.165, 1.54) is 0 Å². The molecule has 1 aliphatic rings. The summed E-state index contributed by atoms with van der Waals surface area (Å²) >= 11 is 0. The zero-order valence-electron chi connectivity index (χ0n) is 11.1. The summed E-state index contributed by atoms with van der Waals surface area (Å²) in [6.45, 7) is 3.87. The van der Waals surface area contributed by atoms with Gasteiger partial charge in [0.2, 0.25) is 0 Å². The van der Waals surface area contributed by atoms with E-state index in [9.17, 15) is 8.42 Å². The maximum absolute atomic E-state index is 12.2. The van der Waals surface area contributed by atoms with Gasteiger partial charge < -0.3 is 4.52 Å². The van der Waals surface area contributed by atoms with Crippen molar-refractivity contribution in [3.8, 4) is 0 Å². The Morgan fingerprint density at radius 1 is 1.37 bits per heavy atom. The second-order valence-corrected chi connectivity index (χ2v) is 7.81. The van der Waals surface area contributed by atoms with Crippen LogP contribution in [-0.2, 0) is 14.4 Å². The summed E-state index contributed by atoms with van der Waals surface area (Å²) in [6.07, 6.45) is 2.09. The summed E-state index contributed by atoms with van der Waals surface area (Å²) in [6, 6.07) is 8.59. The fraction of sp³-hybridized carbons (Fsp3) is 0.538. The molecule has 0 aromatic heterocycles. The van der Waals surface area contributed by atoms with Gasteiger partial charge in [0, 0.05) is 13.1 Å². The molecular weight excluding hydrogens is 281 g/mol. The molecule has 0 aliphatic carbocycles. The first-order valence-corrected chi connectivity index (χ1v) is 9.06. The Labute approximate surface area is 117 Å². The van der Waals surface area contributed by atoms with Crippen LogP contribution in [0, 0.1) is 0 Å². The summed E-state index contributed by atoms with van der Waals surface area (Å²) in [5.74, 6) is 0.0760. The molecule has 1 fully saturated rings. The first kappa shape index (κ1) is 14.9. The predicted octanol–water partition coefficient (Wildman–Crippen LogP) is 2.47. The normalized spacial score (nSPS) is 22.1. The number of rotatable bonds is 6. The van der Waals surface area contributed by atoms with Crippen molar-refractivity contribution in [1.29, 1.82) is 0 Å². The van der Waals surface area contributed by atoms with E-state index in [4.69, 9.17) is 4.52 Å². The second-order valence-electron chi connectivity index (χ2n) is 4.73. The van der Waals surface area contributed by atoms with Gasteiger partial charge in [-0.15, -0.1) is 0 Å². The van der Waals surface area contributed by atoms with Crippen LogP contribution in [0.3, 0.4) is 0 Å². The molecule has 1 aromatic rings. The molecule has 1 unspecified atom stereocenters. The van der Waals surface area contributed by atoms with Crippen molar-refractivity contribution in [2.75, 3.05) is 18.8 Å². The van der Waals surface area contributed by atoms with E-state index < -0.39 is 9.84 Å². The van der Waals surface area contributed by atoms with Crippen molar-refractivity contribution in [3.63, 3.8) is 0 Å². The van der Waals surface area contributed by atoms with Crippen LogP contribution < -0.4 is 0 Å². The maximum Gasteiger partial charge on any atom is 0.180 e. The molecule has 0 bridgehead atoms. The van der Waals surface area contributed by atoms with Crippen LogP contribution in [0.15, 0.2) is 35.2 Å². The summed E-state index contributed by atoms with van der Waals surface area (Å²) in [4.78, 5) is 0.383. The summed E-state index contributed by atoms with van der Waals surface area (Å²) in [5, 5.41) is 0. The largest absolute Gasteiger partial charge is 0.341 e. The van der Waals surface area contributed by atoms with Crippen LogP contribution >= 0.6 is 8.96 Å². The van der Waals surface area contributed by atoms with Crippen LogP contribution in [0.2, 0.25) is 0 Å². The zero-order valence-corrected chi connectivity index (χ0v) is 12.9. The molecular formula is C13H20NO3PS. The van der Waals surface area contributed by atoms with Crippen LogP contribution in [0.25, 0.3) is 0 Å². The molecule has 2 rings (SSSR count). The van der Waals surface area contributed by atoms with Crippen molar-refractivity contribution in [1.82, 2.24) is 4.67 Å². The minimum absolute atomic E-state index is 0.0760. The number of hydrogen-bond acceptors (Lipinski definition) is 4. The zero-order chi connectivity index (χ0) is 13.7. The number of nitrogens with zero attached hydrogens (tertiary/aromatic N) is 1. The fourth-order valence-corrected chi connectivity index (χ4v) is 4.54. The molecule has 106 valence electrons. The lowest BCUT2D eigenvalue weighted by Crippen LogP contribution is -2.26. The van der Waals surface area contributed by atoms with Gasteiger partial charge in [0.05, 0.1) is 25.7 Å². The smallest absolute Gasteiger partial charge is 0.180 e. The van der Waals surface area contributed by atoms with E-state index in [0.717, 1.165) is 25.9 Å². The molecule has 19 heavy (non-hydrogen) atoms. The van der Waals surface area contributed by atoms with Gasteiger partial charge in [0.25, 0.3) is 0 Å². The lowest BCUT2D eigenvalue weighted by molar-refractivity contribution is 0.282. The first-order valence-electron chi connectivity index (χ1n) is 6.56. The molecule has 6 heteroatoms. The van der Waals surface area contributed by atoms with Gasteiger partial charge in [0.1, 0.15) is 0 Å². The van der Waals surface area contributed by atoms with Crippen LogP contribution in [0.1, 0.15) is 19.8 Å². The highest BCUT2D eigenvalue weighted by atomic mass is 32.2. The number of hydrogen-bond donors (Lipinski definition) is 0. The molecule has 0 radical (unpaired) electrons. The highest BCUT2D eigenvalue weighted by Crippen LogP contribution is 2.31. The van der Waals surface area contributed by atoms with Gasteiger partial charge in [0.15, 0.2) is 9.84 Å². The molecule has 1 saturated heterocycles. The fourth-order valence-electron chi connectivity index (χ4n) is 2.01. The van der Waals surface area contributed by atoms with Crippen molar-refractivity contribution in [2.24, 2.45) is 0 Å². The van der Waals surface area contributed by atoms with E-state index in [-0.39, 0.29) is 11.9 Å². The van der Waals surface area contributed by atoms with Crippen LogP contribution in [0.5, 0.6) is 0 Å². The van der Waals surface area contributed by atoms with E-state index in [1.807, 2.05) is 6.07 Å². The third-order valence-corrected chi connectivity index (χ3v) is 5.97. The average Bonchev–Trinajstić information content (AvgIpc) is 2.84. The highest BCUT2D eigenvalue weighted by molar-refractivity contribution is 7.91. The minimum atomic E-state index is -3.23. The van der Waals surface area contributed by atoms with Gasteiger partial charge in [-0.05, 0) is 18.6 Å². The molecule has 0 spiro atoms. The van der Waals surface area contributed by atoms with Gasteiger partial charge in [-0.25, -0.2) is 8.42 Å². The Kier molecular flexibility index (Phi) is 5.34. The molecule has 0 amide bonds. The van der Waals surface area contributed by atoms with Crippen molar-refractivity contribution < 1.29 is 12.9 Å². The lowest BCUT2D eigenvalue weighted by Gasteiger charge is -2.12. The van der Waals surface area contributed by atoms with E-state index in [0.29, 0.717) is 13.9 Å². The van der Waals surface area contributed by atoms with Gasteiger partial charge >= 0.3 is 0 Å². The molecule has 0 saturated carbocycles. The van der Waals surface area contributed by atoms with Crippen molar-refractivity contribution >= 4 is 18.8 Å². The number of sulfone groups is 1. The monoisotopic (exact) mass is 301 g/mol. The molecule has 0 N–H and O–H groups in total. The Bertz CT molecular complexity index is 492.